The SMILES string of the molecule is CCN(Cc1ccccc1CN)S(=O)(=O)C1CCCC1. The monoisotopic (exact) mass is 296 g/mol. The van der Waals surface area contributed by atoms with Crippen LogP contribution in [-0.2, 0) is 23.1 Å². The molecule has 2 rings (SSSR count). The molecule has 0 radical (unpaired) electrons. The summed E-state index contributed by atoms with van der Waals surface area (Å²) >= 11 is 0. The van der Waals surface area contributed by atoms with E-state index in [1.54, 1.807) is 4.31 Å². The Kier molecular flexibility index (Phi) is 5.18. The van der Waals surface area contributed by atoms with E-state index in [1.165, 1.54) is 0 Å². The van der Waals surface area contributed by atoms with Crippen LogP contribution in [-0.4, -0.2) is 24.5 Å². The summed E-state index contributed by atoms with van der Waals surface area (Å²) in [6, 6.07) is 7.80. The Balaban J connectivity index is 2.20. The molecular formula is C15H24N2O2S. The Labute approximate surface area is 122 Å². The van der Waals surface area contributed by atoms with Gasteiger partial charge in [0.1, 0.15) is 0 Å². The van der Waals surface area contributed by atoms with Crippen LogP contribution in [0.5, 0.6) is 0 Å². The van der Waals surface area contributed by atoms with Crippen LogP contribution in [0.2, 0.25) is 0 Å². The zero-order valence-electron chi connectivity index (χ0n) is 12.1. The standard InChI is InChI=1S/C15H24N2O2S/c1-2-17(20(18,19)15-9-5-6-10-15)12-14-8-4-3-7-13(14)11-16/h3-4,7-8,15H,2,5-6,9-12,16H2,1H3. The Morgan fingerprint density at radius 3 is 2.35 bits per heavy atom. The van der Waals surface area contributed by atoms with Crippen LogP contribution in [0.4, 0.5) is 0 Å². The first-order chi connectivity index (χ1) is 9.59. The van der Waals surface area contributed by atoms with Crippen LogP contribution in [0.25, 0.3) is 0 Å². The van der Waals surface area contributed by atoms with Crippen LogP contribution >= 0.6 is 0 Å². The predicted molar refractivity (Wildman–Crippen MR) is 81.6 cm³/mol. The summed E-state index contributed by atoms with van der Waals surface area (Å²) in [5.41, 5.74) is 7.76. The molecule has 0 saturated heterocycles. The topological polar surface area (TPSA) is 63.4 Å². The maximum absolute atomic E-state index is 12.7. The molecule has 1 saturated carbocycles. The molecule has 0 heterocycles. The van der Waals surface area contributed by atoms with E-state index in [0.29, 0.717) is 19.6 Å². The first kappa shape index (κ1) is 15.5. The van der Waals surface area contributed by atoms with Crippen molar-refractivity contribution in [2.24, 2.45) is 5.73 Å². The lowest BCUT2D eigenvalue weighted by Crippen LogP contribution is -2.37. The second kappa shape index (κ2) is 6.70. The van der Waals surface area contributed by atoms with Crippen molar-refractivity contribution in [2.45, 2.75) is 50.9 Å². The van der Waals surface area contributed by atoms with Crippen LogP contribution in [0, 0.1) is 0 Å². The van der Waals surface area contributed by atoms with Crippen molar-refractivity contribution in [3.8, 4) is 0 Å². The molecule has 20 heavy (non-hydrogen) atoms. The summed E-state index contributed by atoms with van der Waals surface area (Å²) in [6.45, 7) is 3.29. The number of nitrogens with zero attached hydrogens (tertiary/aromatic N) is 1. The molecule has 1 aliphatic rings. The van der Waals surface area contributed by atoms with Crippen molar-refractivity contribution < 1.29 is 8.42 Å². The van der Waals surface area contributed by atoms with Crippen molar-refractivity contribution in [1.82, 2.24) is 4.31 Å². The lowest BCUT2D eigenvalue weighted by Gasteiger charge is -2.25. The molecule has 0 amide bonds. The minimum Gasteiger partial charge on any atom is -0.326 e. The van der Waals surface area contributed by atoms with Crippen LogP contribution in [0.15, 0.2) is 24.3 Å². The first-order valence-corrected chi connectivity index (χ1v) is 8.85. The van der Waals surface area contributed by atoms with E-state index in [0.717, 1.165) is 36.8 Å². The van der Waals surface area contributed by atoms with Gasteiger partial charge in [-0.25, -0.2) is 8.42 Å². The van der Waals surface area contributed by atoms with Gasteiger partial charge < -0.3 is 5.73 Å². The summed E-state index contributed by atoms with van der Waals surface area (Å²) in [5.74, 6) is 0. The lowest BCUT2D eigenvalue weighted by atomic mass is 10.1. The van der Waals surface area contributed by atoms with Crippen molar-refractivity contribution in [1.29, 1.82) is 0 Å². The van der Waals surface area contributed by atoms with Gasteiger partial charge in [-0.2, -0.15) is 4.31 Å². The number of rotatable bonds is 6. The molecule has 1 aliphatic carbocycles. The molecule has 5 heteroatoms. The Bertz CT molecular complexity index is 537. The van der Waals surface area contributed by atoms with Gasteiger partial charge >= 0.3 is 0 Å². The van der Waals surface area contributed by atoms with Gasteiger partial charge in [0.25, 0.3) is 0 Å². The first-order valence-electron chi connectivity index (χ1n) is 7.35. The van der Waals surface area contributed by atoms with E-state index in [9.17, 15) is 8.42 Å². The zero-order chi connectivity index (χ0) is 14.6. The van der Waals surface area contributed by atoms with Crippen LogP contribution < -0.4 is 5.73 Å². The van der Waals surface area contributed by atoms with Crippen molar-refractivity contribution in [2.75, 3.05) is 6.54 Å². The highest BCUT2D eigenvalue weighted by Crippen LogP contribution is 2.28. The fourth-order valence-electron chi connectivity index (χ4n) is 2.88. The maximum atomic E-state index is 12.7. The molecule has 1 aromatic carbocycles. The highest BCUT2D eigenvalue weighted by molar-refractivity contribution is 7.89. The molecule has 0 unspecified atom stereocenters. The molecule has 4 nitrogen and oxygen atoms in total. The molecular weight excluding hydrogens is 272 g/mol. The highest BCUT2D eigenvalue weighted by atomic mass is 32.2. The van der Waals surface area contributed by atoms with Crippen LogP contribution in [0.1, 0.15) is 43.7 Å². The van der Waals surface area contributed by atoms with E-state index < -0.39 is 10.0 Å². The Morgan fingerprint density at radius 2 is 1.80 bits per heavy atom. The molecule has 0 bridgehead atoms. The van der Waals surface area contributed by atoms with Gasteiger partial charge in [0.15, 0.2) is 0 Å². The molecule has 0 aliphatic heterocycles. The fourth-order valence-corrected chi connectivity index (χ4v) is 4.91. The second-order valence-electron chi connectivity index (χ2n) is 5.35. The van der Waals surface area contributed by atoms with Gasteiger partial charge in [-0.1, -0.05) is 44.0 Å². The molecule has 0 atom stereocenters. The average Bonchev–Trinajstić information content (AvgIpc) is 2.99. The number of hydrogen-bond acceptors (Lipinski definition) is 3. The van der Waals surface area contributed by atoms with E-state index in [2.05, 4.69) is 0 Å². The lowest BCUT2D eigenvalue weighted by molar-refractivity contribution is 0.413. The maximum Gasteiger partial charge on any atom is 0.217 e. The smallest absolute Gasteiger partial charge is 0.217 e. The van der Waals surface area contributed by atoms with Crippen molar-refractivity contribution in [3.05, 3.63) is 35.4 Å². The van der Waals surface area contributed by atoms with Gasteiger partial charge in [0, 0.05) is 19.6 Å². The summed E-state index contributed by atoms with van der Waals surface area (Å²) in [5, 5.41) is -0.188. The molecule has 112 valence electrons. The number of nitrogens with two attached hydrogens (primary N) is 1. The van der Waals surface area contributed by atoms with E-state index in [-0.39, 0.29) is 5.25 Å². The van der Waals surface area contributed by atoms with Crippen molar-refractivity contribution in [3.63, 3.8) is 0 Å². The summed E-state index contributed by atoms with van der Waals surface area (Å²) < 4.78 is 26.9. The van der Waals surface area contributed by atoms with Gasteiger partial charge in [-0.05, 0) is 24.0 Å². The van der Waals surface area contributed by atoms with Crippen molar-refractivity contribution >= 4 is 10.0 Å². The second-order valence-corrected chi connectivity index (χ2v) is 7.56. The summed E-state index contributed by atoms with van der Waals surface area (Å²) in [4.78, 5) is 0. The number of sulfonamides is 1. The minimum absolute atomic E-state index is 0.188. The average molecular weight is 296 g/mol. The third kappa shape index (κ3) is 3.22. The van der Waals surface area contributed by atoms with Crippen LogP contribution in [0.3, 0.4) is 0 Å². The Hall–Kier alpha value is -0.910. The largest absolute Gasteiger partial charge is 0.326 e. The number of hydrogen-bond donors (Lipinski definition) is 1. The predicted octanol–water partition coefficient (Wildman–Crippen LogP) is 2.24. The molecule has 1 aromatic rings. The zero-order valence-corrected chi connectivity index (χ0v) is 12.9. The normalized spacial score (nSPS) is 16.9. The molecule has 0 aromatic heterocycles. The Morgan fingerprint density at radius 1 is 1.20 bits per heavy atom. The third-order valence-corrected chi connectivity index (χ3v) is 6.54. The molecule has 2 N–H and O–H groups in total. The van der Waals surface area contributed by atoms with Gasteiger partial charge in [0.05, 0.1) is 5.25 Å². The van der Waals surface area contributed by atoms with Gasteiger partial charge in [-0.3, -0.25) is 0 Å². The van der Waals surface area contributed by atoms with E-state index >= 15 is 0 Å². The fraction of sp³-hybridized carbons (Fsp3) is 0.600. The molecule has 1 fully saturated rings. The summed E-state index contributed by atoms with van der Waals surface area (Å²) in [6.07, 6.45) is 3.66. The number of benzene rings is 1. The summed E-state index contributed by atoms with van der Waals surface area (Å²) in [7, 11) is -3.18. The van der Waals surface area contributed by atoms with Gasteiger partial charge in [0.2, 0.25) is 10.0 Å². The minimum atomic E-state index is -3.18. The third-order valence-electron chi connectivity index (χ3n) is 4.12. The van der Waals surface area contributed by atoms with Gasteiger partial charge in [-0.15, -0.1) is 0 Å². The quantitative estimate of drug-likeness (QED) is 0.875. The van der Waals surface area contributed by atoms with E-state index in [4.69, 9.17) is 5.73 Å². The molecule has 0 spiro atoms. The van der Waals surface area contributed by atoms with E-state index in [1.807, 2.05) is 31.2 Å². The highest BCUT2D eigenvalue weighted by Gasteiger charge is 2.33.